The Morgan fingerprint density at radius 2 is 1.86 bits per heavy atom. The summed E-state index contributed by atoms with van der Waals surface area (Å²) in [7, 11) is 0. The van der Waals surface area contributed by atoms with Crippen LogP contribution in [-0.4, -0.2) is 19.8 Å². The van der Waals surface area contributed by atoms with Crippen LogP contribution in [0.25, 0.3) is 27.1 Å². The number of furan rings is 1. The summed E-state index contributed by atoms with van der Waals surface area (Å²) >= 11 is 7.37. The molecule has 0 amide bonds. The second kappa shape index (κ2) is 5.23. The zero-order valence-corrected chi connectivity index (χ0v) is 13.2. The molecular formula is C15H11ClN4OS. The van der Waals surface area contributed by atoms with Gasteiger partial charge in [-0.15, -0.1) is 15.3 Å². The van der Waals surface area contributed by atoms with Gasteiger partial charge in [-0.2, -0.15) is 4.52 Å². The van der Waals surface area contributed by atoms with E-state index in [1.807, 2.05) is 43.3 Å². The van der Waals surface area contributed by atoms with E-state index in [2.05, 4.69) is 15.3 Å². The van der Waals surface area contributed by atoms with E-state index in [-0.39, 0.29) is 0 Å². The van der Waals surface area contributed by atoms with Gasteiger partial charge in [0, 0.05) is 17.0 Å². The molecule has 7 heteroatoms. The summed E-state index contributed by atoms with van der Waals surface area (Å²) in [6, 6.07) is 11.4. The minimum absolute atomic E-state index is 0.705. The van der Waals surface area contributed by atoms with Crippen LogP contribution in [0.3, 0.4) is 0 Å². The van der Waals surface area contributed by atoms with E-state index in [1.165, 1.54) is 11.3 Å². The lowest BCUT2D eigenvalue weighted by molar-refractivity contribution is 0.595. The van der Waals surface area contributed by atoms with Crippen molar-refractivity contribution in [3.8, 4) is 22.1 Å². The Kier molecular flexibility index (Phi) is 3.20. The monoisotopic (exact) mass is 330 g/mol. The molecule has 5 nitrogen and oxygen atoms in total. The van der Waals surface area contributed by atoms with Crippen molar-refractivity contribution >= 4 is 27.9 Å². The van der Waals surface area contributed by atoms with Crippen LogP contribution >= 0.6 is 22.9 Å². The Bertz CT molecular complexity index is 938. The van der Waals surface area contributed by atoms with Gasteiger partial charge < -0.3 is 4.42 Å². The van der Waals surface area contributed by atoms with Crippen LogP contribution in [-0.2, 0) is 6.42 Å². The molecule has 3 aromatic heterocycles. The molecule has 1 aromatic carbocycles. The van der Waals surface area contributed by atoms with Crippen molar-refractivity contribution in [1.82, 2.24) is 19.8 Å². The summed E-state index contributed by atoms with van der Waals surface area (Å²) in [4.78, 5) is 0.774. The summed E-state index contributed by atoms with van der Waals surface area (Å²) in [5, 5.41) is 14.2. The van der Waals surface area contributed by atoms with E-state index in [1.54, 1.807) is 4.52 Å². The minimum atomic E-state index is 0.705. The SMILES string of the molecule is CCc1nnc2sc(-c3ccc(-c4ccc(Cl)cc4)o3)nn12. The third kappa shape index (κ3) is 2.20. The van der Waals surface area contributed by atoms with Crippen LogP contribution < -0.4 is 0 Å². The second-order valence-corrected chi connectivity index (χ2v) is 6.13. The van der Waals surface area contributed by atoms with E-state index in [0.717, 1.165) is 39.3 Å². The number of halogens is 1. The highest BCUT2D eigenvalue weighted by Crippen LogP contribution is 2.31. The van der Waals surface area contributed by atoms with E-state index in [4.69, 9.17) is 16.0 Å². The predicted molar refractivity (Wildman–Crippen MR) is 86.2 cm³/mol. The summed E-state index contributed by atoms with van der Waals surface area (Å²) < 4.78 is 7.68. The number of aryl methyl sites for hydroxylation is 1. The first-order chi connectivity index (χ1) is 10.7. The second-order valence-electron chi connectivity index (χ2n) is 4.74. The lowest BCUT2D eigenvalue weighted by Crippen LogP contribution is -1.92. The largest absolute Gasteiger partial charge is 0.454 e. The van der Waals surface area contributed by atoms with E-state index in [0.29, 0.717) is 5.02 Å². The van der Waals surface area contributed by atoms with Crippen molar-refractivity contribution in [2.75, 3.05) is 0 Å². The van der Waals surface area contributed by atoms with Crippen LogP contribution in [0.4, 0.5) is 0 Å². The van der Waals surface area contributed by atoms with E-state index < -0.39 is 0 Å². The lowest BCUT2D eigenvalue weighted by Gasteiger charge is -1.96. The van der Waals surface area contributed by atoms with Crippen LogP contribution in [0.2, 0.25) is 5.02 Å². The number of fused-ring (bicyclic) bond motifs is 1. The third-order valence-corrected chi connectivity index (χ3v) is 4.48. The molecule has 3 heterocycles. The molecule has 0 radical (unpaired) electrons. The zero-order valence-electron chi connectivity index (χ0n) is 11.7. The van der Waals surface area contributed by atoms with Gasteiger partial charge in [-0.3, -0.25) is 0 Å². The van der Waals surface area contributed by atoms with Crippen LogP contribution in [0.1, 0.15) is 12.7 Å². The highest BCUT2D eigenvalue weighted by atomic mass is 35.5. The zero-order chi connectivity index (χ0) is 15.1. The van der Waals surface area contributed by atoms with Gasteiger partial charge in [-0.25, -0.2) is 0 Å². The average Bonchev–Trinajstić information content (AvgIpc) is 3.22. The number of nitrogens with zero attached hydrogens (tertiary/aromatic N) is 4. The van der Waals surface area contributed by atoms with Gasteiger partial charge in [0.1, 0.15) is 5.76 Å². The minimum Gasteiger partial charge on any atom is -0.454 e. The van der Waals surface area contributed by atoms with Crippen molar-refractivity contribution in [3.63, 3.8) is 0 Å². The molecule has 0 aliphatic carbocycles. The molecular weight excluding hydrogens is 320 g/mol. The molecule has 0 saturated carbocycles. The van der Waals surface area contributed by atoms with Gasteiger partial charge >= 0.3 is 0 Å². The van der Waals surface area contributed by atoms with Gasteiger partial charge in [0.05, 0.1) is 0 Å². The van der Waals surface area contributed by atoms with E-state index in [9.17, 15) is 0 Å². The number of hydrogen-bond donors (Lipinski definition) is 0. The Morgan fingerprint density at radius 3 is 2.64 bits per heavy atom. The molecule has 4 aromatic rings. The van der Waals surface area contributed by atoms with Gasteiger partial charge in [0.2, 0.25) is 4.96 Å². The number of rotatable bonds is 3. The molecule has 0 spiro atoms. The van der Waals surface area contributed by atoms with Crippen LogP contribution in [0.15, 0.2) is 40.8 Å². The first kappa shape index (κ1) is 13.5. The highest BCUT2D eigenvalue weighted by molar-refractivity contribution is 7.19. The molecule has 0 fully saturated rings. The smallest absolute Gasteiger partial charge is 0.235 e. The maximum absolute atomic E-state index is 5.91. The molecule has 0 saturated heterocycles. The fourth-order valence-electron chi connectivity index (χ4n) is 2.20. The van der Waals surface area contributed by atoms with Crippen molar-refractivity contribution in [3.05, 3.63) is 47.2 Å². The first-order valence-corrected chi connectivity index (χ1v) is 8.01. The summed E-state index contributed by atoms with van der Waals surface area (Å²) in [6.07, 6.45) is 0.790. The molecule has 22 heavy (non-hydrogen) atoms. The molecule has 0 N–H and O–H groups in total. The van der Waals surface area contributed by atoms with Gasteiger partial charge in [-0.1, -0.05) is 29.9 Å². The Hall–Kier alpha value is -2.18. The predicted octanol–water partition coefficient (Wildman–Crippen LogP) is 4.33. The van der Waals surface area contributed by atoms with Crippen LogP contribution in [0.5, 0.6) is 0 Å². The molecule has 0 aliphatic heterocycles. The van der Waals surface area contributed by atoms with E-state index >= 15 is 0 Å². The number of benzene rings is 1. The van der Waals surface area contributed by atoms with Crippen molar-refractivity contribution in [2.45, 2.75) is 13.3 Å². The summed E-state index contributed by atoms with van der Waals surface area (Å²) in [5.41, 5.74) is 0.980. The Morgan fingerprint density at radius 1 is 1.09 bits per heavy atom. The highest BCUT2D eigenvalue weighted by Gasteiger charge is 2.15. The topological polar surface area (TPSA) is 56.2 Å². The molecule has 0 unspecified atom stereocenters. The maximum atomic E-state index is 5.91. The summed E-state index contributed by atoms with van der Waals surface area (Å²) in [5.74, 6) is 2.36. The van der Waals surface area contributed by atoms with Crippen molar-refractivity contribution < 1.29 is 4.42 Å². The van der Waals surface area contributed by atoms with Crippen LogP contribution in [0, 0.1) is 0 Å². The molecule has 0 bridgehead atoms. The first-order valence-electron chi connectivity index (χ1n) is 6.82. The van der Waals surface area contributed by atoms with Crippen molar-refractivity contribution in [2.24, 2.45) is 0 Å². The molecule has 4 rings (SSSR count). The summed E-state index contributed by atoms with van der Waals surface area (Å²) in [6.45, 7) is 2.03. The Balaban J connectivity index is 1.73. The standard InChI is InChI=1S/C15H11ClN4OS/c1-2-13-17-18-15-20(13)19-14(22-15)12-8-7-11(21-12)9-3-5-10(16)6-4-9/h3-8H,2H2,1H3. The lowest BCUT2D eigenvalue weighted by atomic mass is 10.2. The fraction of sp³-hybridized carbons (Fsp3) is 0.133. The van der Waals surface area contributed by atoms with Crippen molar-refractivity contribution in [1.29, 1.82) is 0 Å². The van der Waals surface area contributed by atoms with Gasteiger partial charge in [-0.05, 0) is 36.4 Å². The number of hydrogen-bond acceptors (Lipinski definition) is 5. The molecule has 0 atom stereocenters. The fourth-order valence-corrected chi connectivity index (χ4v) is 3.15. The normalized spacial score (nSPS) is 11.4. The number of aromatic nitrogens is 4. The quantitative estimate of drug-likeness (QED) is 0.561. The third-order valence-electron chi connectivity index (χ3n) is 3.32. The average molecular weight is 331 g/mol. The maximum Gasteiger partial charge on any atom is 0.235 e. The van der Waals surface area contributed by atoms with Gasteiger partial charge in [0.15, 0.2) is 16.6 Å². The van der Waals surface area contributed by atoms with Gasteiger partial charge in [0.25, 0.3) is 0 Å². The Labute approximate surface area is 135 Å². The molecule has 110 valence electrons. The molecule has 0 aliphatic rings.